The molecule has 0 aliphatic heterocycles. The normalized spacial score (nSPS) is 18.6. The average molecular weight is 244 g/mol. The monoisotopic (exact) mass is 244 g/mol. The second kappa shape index (κ2) is 4.39. The standard InChI is InChI=1S/C15H20N2O/c1-2-17-14-8-4-3-7-12(14)13(16-17)11-15(18)9-5-6-10-15/h3-4,7-8,18H,2,5-6,9-11H2,1H3. The van der Waals surface area contributed by atoms with E-state index in [9.17, 15) is 5.11 Å². The van der Waals surface area contributed by atoms with Crippen LogP contribution in [0.15, 0.2) is 24.3 Å². The van der Waals surface area contributed by atoms with Gasteiger partial charge in [-0.3, -0.25) is 4.68 Å². The topological polar surface area (TPSA) is 38.0 Å². The summed E-state index contributed by atoms with van der Waals surface area (Å²) in [5, 5.41) is 16.4. The second-order valence-corrected chi connectivity index (χ2v) is 5.39. The predicted molar refractivity (Wildman–Crippen MR) is 72.5 cm³/mol. The van der Waals surface area contributed by atoms with Crippen LogP contribution in [0.1, 0.15) is 38.3 Å². The lowest BCUT2D eigenvalue weighted by molar-refractivity contribution is 0.0474. The average Bonchev–Trinajstić information content (AvgIpc) is 2.95. The van der Waals surface area contributed by atoms with Gasteiger partial charge in [0.2, 0.25) is 0 Å². The molecule has 0 saturated heterocycles. The van der Waals surface area contributed by atoms with E-state index in [0.717, 1.165) is 37.9 Å². The minimum atomic E-state index is -0.518. The lowest BCUT2D eigenvalue weighted by Gasteiger charge is -2.20. The van der Waals surface area contributed by atoms with Crippen molar-refractivity contribution < 1.29 is 5.11 Å². The maximum atomic E-state index is 10.5. The van der Waals surface area contributed by atoms with Crippen molar-refractivity contribution >= 4 is 10.9 Å². The van der Waals surface area contributed by atoms with Gasteiger partial charge in [-0.05, 0) is 25.8 Å². The van der Waals surface area contributed by atoms with Crippen molar-refractivity contribution in [3.63, 3.8) is 0 Å². The van der Waals surface area contributed by atoms with Crippen molar-refractivity contribution in [2.45, 2.75) is 51.2 Å². The minimum absolute atomic E-state index is 0.518. The zero-order chi connectivity index (χ0) is 12.6. The molecule has 0 spiro atoms. The summed E-state index contributed by atoms with van der Waals surface area (Å²) in [6.45, 7) is 2.98. The van der Waals surface area contributed by atoms with E-state index in [0.29, 0.717) is 6.42 Å². The van der Waals surface area contributed by atoms with E-state index in [4.69, 9.17) is 0 Å². The Hall–Kier alpha value is -1.35. The highest BCUT2D eigenvalue weighted by molar-refractivity contribution is 5.82. The van der Waals surface area contributed by atoms with Crippen molar-refractivity contribution in [2.24, 2.45) is 0 Å². The number of hydrogen-bond acceptors (Lipinski definition) is 2. The molecule has 0 atom stereocenters. The van der Waals surface area contributed by atoms with Gasteiger partial charge in [-0.1, -0.05) is 31.0 Å². The predicted octanol–water partition coefficient (Wildman–Crippen LogP) is 2.90. The third-order valence-electron chi connectivity index (χ3n) is 4.06. The van der Waals surface area contributed by atoms with Crippen LogP contribution in [0.2, 0.25) is 0 Å². The van der Waals surface area contributed by atoms with Crippen molar-refractivity contribution in [3.05, 3.63) is 30.0 Å². The van der Waals surface area contributed by atoms with Crippen LogP contribution >= 0.6 is 0 Å². The third kappa shape index (κ3) is 1.93. The number of para-hydroxylation sites is 1. The molecule has 1 aromatic carbocycles. The second-order valence-electron chi connectivity index (χ2n) is 5.39. The number of hydrogen-bond donors (Lipinski definition) is 1. The Kier molecular flexibility index (Phi) is 2.86. The number of benzene rings is 1. The Labute approximate surface area is 107 Å². The number of rotatable bonds is 3. The third-order valence-corrected chi connectivity index (χ3v) is 4.06. The molecule has 2 aromatic rings. The fourth-order valence-corrected chi connectivity index (χ4v) is 3.09. The Balaban J connectivity index is 2.01. The highest BCUT2D eigenvalue weighted by Crippen LogP contribution is 2.34. The van der Waals surface area contributed by atoms with Crippen LogP contribution in [-0.4, -0.2) is 20.5 Å². The van der Waals surface area contributed by atoms with Crippen molar-refractivity contribution in [2.75, 3.05) is 0 Å². The molecule has 0 radical (unpaired) electrons. The summed E-state index contributed by atoms with van der Waals surface area (Å²) in [5.41, 5.74) is 1.71. The lowest BCUT2D eigenvalue weighted by Crippen LogP contribution is -2.27. The molecule has 3 nitrogen and oxygen atoms in total. The summed E-state index contributed by atoms with van der Waals surface area (Å²) in [5.74, 6) is 0. The van der Waals surface area contributed by atoms with Gasteiger partial charge in [0.15, 0.2) is 0 Å². The zero-order valence-electron chi connectivity index (χ0n) is 10.9. The quantitative estimate of drug-likeness (QED) is 0.901. The molecule has 3 rings (SSSR count). The number of aromatic nitrogens is 2. The van der Waals surface area contributed by atoms with E-state index in [1.807, 2.05) is 16.8 Å². The molecule has 1 N–H and O–H groups in total. The molecule has 1 aliphatic rings. The summed E-state index contributed by atoms with van der Waals surface area (Å²) < 4.78 is 2.03. The smallest absolute Gasteiger partial charge is 0.0731 e. The van der Waals surface area contributed by atoms with Gasteiger partial charge in [0, 0.05) is 18.4 Å². The summed E-state index contributed by atoms with van der Waals surface area (Å²) in [6, 6.07) is 8.31. The van der Waals surface area contributed by atoms with Gasteiger partial charge in [0.25, 0.3) is 0 Å². The van der Waals surface area contributed by atoms with Crippen LogP contribution in [0.4, 0.5) is 0 Å². The number of nitrogens with zero attached hydrogens (tertiary/aromatic N) is 2. The summed E-state index contributed by atoms with van der Waals surface area (Å²) >= 11 is 0. The van der Waals surface area contributed by atoms with E-state index < -0.39 is 5.60 Å². The van der Waals surface area contributed by atoms with Crippen LogP contribution in [0, 0.1) is 0 Å². The van der Waals surface area contributed by atoms with E-state index >= 15 is 0 Å². The largest absolute Gasteiger partial charge is 0.389 e. The molecule has 0 bridgehead atoms. The van der Waals surface area contributed by atoms with Gasteiger partial charge in [-0.2, -0.15) is 5.10 Å². The molecule has 1 aromatic heterocycles. The van der Waals surface area contributed by atoms with Crippen molar-refractivity contribution in [1.29, 1.82) is 0 Å². The lowest BCUT2D eigenvalue weighted by atomic mass is 9.95. The first-order valence-electron chi connectivity index (χ1n) is 6.89. The molecule has 96 valence electrons. The Morgan fingerprint density at radius 2 is 2.00 bits per heavy atom. The molecule has 0 amide bonds. The minimum Gasteiger partial charge on any atom is -0.389 e. The molecule has 1 aliphatic carbocycles. The molecule has 1 fully saturated rings. The molecular formula is C15H20N2O. The first-order valence-corrected chi connectivity index (χ1v) is 6.89. The Bertz CT molecular complexity index is 553. The van der Waals surface area contributed by atoms with E-state index in [1.165, 1.54) is 10.9 Å². The summed E-state index contributed by atoms with van der Waals surface area (Å²) in [6.07, 6.45) is 4.81. The molecule has 1 heterocycles. The first kappa shape index (κ1) is 11.7. The maximum absolute atomic E-state index is 10.5. The first-order chi connectivity index (χ1) is 8.72. The molecule has 3 heteroatoms. The molecule has 0 unspecified atom stereocenters. The highest BCUT2D eigenvalue weighted by atomic mass is 16.3. The van der Waals surface area contributed by atoms with Crippen LogP contribution in [0.3, 0.4) is 0 Å². The molecular weight excluding hydrogens is 224 g/mol. The van der Waals surface area contributed by atoms with Crippen molar-refractivity contribution in [1.82, 2.24) is 9.78 Å². The number of aliphatic hydroxyl groups is 1. The summed E-state index contributed by atoms with van der Waals surface area (Å²) in [7, 11) is 0. The van der Waals surface area contributed by atoms with Crippen molar-refractivity contribution in [3.8, 4) is 0 Å². The van der Waals surface area contributed by atoms with Gasteiger partial charge >= 0.3 is 0 Å². The molecule has 18 heavy (non-hydrogen) atoms. The van der Waals surface area contributed by atoms with E-state index in [2.05, 4.69) is 24.2 Å². The fraction of sp³-hybridized carbons (Fsp3) is 0.533. The van der Waals surface area contributed by atoms with Gasteiger partial charge < -0.3 is 5.11 Å². The number of aryl methyl sites for hydroxylation is 1. The van der Waals surface area contributed by atoms with Crippen LogP contribution in [0.25, 0.3) is 10.9 Å². The van der Waals surface area contributed by atoms with Gasteiger partial charge in [0.05, 0.1) is 16.8 Å². The van der Waals surface area contributed by atoms with Gasteiger partial charge in [0.1, 0.15) is 0 Å². The van der Waals surface area contributed by atoms with Crippen LogP contribution in [-0.2, 0) is 13.0 Å². The van der Waals surface area contributed by atoms with E-state index in [1.54, 1.807) is 0 Å². The number of fused-ring (bicyclic) bond motifs is 1. The van der Waals surface area contributed by atoms with Crippen LogP contribution < -0.4 is 0 Å². The fourth-order valence-electron chi connectivity index (χ4n) is 3.09. The SMILES string of the molecule is CCn1nc(CC2(O)CCCC2)c2ccccc21. The summed E-state index contributed by atoms with van der Waals surface area (Å²) in [4.78, 5) is 0. The van der Waals surface area contributed by atoms with Crippen LogP contribution in [0.5, 0.6) is 0 Å². The van der Waals surface area contributed by atoms with Gasteiger partial charge in [-0.15, -0.1) is 0 Å². The molecule has 1 saturated carbocycles. The zero-order valence-corrected chi connectivity index (χ0v) is 10.9. The van der Waals surface area contributed by atoms with Gasteiger partial charge in [-0.25, -0.2) is 0 Å². The Morgan fingerprint density at radius 1 is 1.28 bits per heavy atom. The highest BCUT2D eigenvalue weighted by Gasteiger charge is 2.32. The van der Waals surface area contributed by atoms with E-state index in [-0.39, 0.29) is 0 Å². The Morgan fingerprint density at radius 3 is 2.72 bits per heavy atom. The maximum Gasteiger partial charge on any atom is 0.0731 e.